The lowest BCUT2D eigenvalue weighted by Crippen LogP contribution is -2.43. The normalized spacial score (nSPS) is 16.5. The Bertz CT molecular complexity index is 387. The summed E-state index contributed by atoms with van der Waals surface area (Å²) in [5.74, 6) is 0.790. The molecule has 1 heterocycles. The number of nitrogens with zero attached hydrogens (tertiary/aromatic N) is 1. The van der Waals surface area contributed by atoms with E-state index in [2.05, 4.69) is 55.3 Å². The second-order valence-corrected chi connectivity index (χ2v) is 6.16. The fourth-order valence-electron chi connectivity index (χ4n) is 2.83. The summed E-state index contributed by atoms with van der Waals surface area (Å²) in [6, 6.07) is 9.46. The average Bonchev–Trinajstić information content (AvgIpc) is 2.42. The van der Waals surface area contributed by atoms with Crippen LogP contribution in [0, 0.1) is 5.92 Å². The summed E-state index contributed by atoms with van der Waals surface area (Å²) in [6.45, 7) is 10.3. The quantitative estimate of drug-likeness (QED) is 0.788. The summed E-state index contributed by atoms with van der Waals surface area (Å²) in [5.41, 5.74) is 2.97. The minimum atomic E-state index is 0.577. The molecule has 1 aliphatic heterocycles. The van der Waals surface area contributed by atoms with Gasteiger partial charge < -0.3 is 10.2 Å². The van der Waals surface area contributed by atoms with Crippen LogP contribution in [0.5, 0.6) is 0 Å². The van der Waals surface area contributed by atoms with Gasteiger partial charge in [0.05, 0.1) is 0 Å². The van der Waals surface area contributed by atoms with Crippen molar-refractivity contribution >= 4 is 5.69 Å². The molecule has 0 aromatic heterocycles. The highest BCUT2D eigenvalue weighted by atomic mass is 15.2. The van der Waals surface area contributed by atoms with Gasteiger partial charge in [-0.05, 0) is 50.3 Å². The fraction of sp³-hybridized carbons (Fsp3) is 0.647. The maximum absolute atomic E-state index is 3.60. The molecule has 1 unspecified atom stereocenters. The predicted octanol–water partition coefficient (Wildman–Crippen LogP) is 3.46. The van der Waals surface area contributed by atoms with E-state index < -0.39 is 0 Å². The summed E-state index contributed by atoms with van der Waals surface area (Å²) in [4.78, 5) is 2.57. The van der Waals surface area contributed by atoms with Gasteiger partial charge in [-0.3, -0.25) is 0 Å². The summed E-state index contributed by atoms with van der Waals surface area (Å²) in [7, 11) is 0. The van der Waals surface area contributed by atoms with E-state index in [-0.39, 0.29) is 0 Å². The third-order valence-corrected chi connectivity index (χ3v) is 4.02. The molecule has 0 bridgehead atoms. The lowest BCUT2D eigenvalue weighted by Gasteiger charge is -2.36. The van der Waals surface area contributed by atoms with E-state index in [1.54, 1.807) is 0 Å². The molecule has 0 saturated heterocycles. The molecule has 1 aromatic carbocycles. The van der Waals surface area contributed by atoms with Crippen molar-refractivity contribution in [1.29, 1.82) is 0 Å². The second-order valence-electron chi connectivity index (χ2n) is 6.16. The van der Waals surface area contributed by atoms with Crippen molar-refractivity contribution in [3.05, 3.63) is 29.8 Å². The van der Waals surface area contributed by atoms with Crippen LogP contribution in [0.2, 0.25) is 0 Å². The largest absolute Gasteiger partial charge is 0.367 e. The number of fused-ring (bicyclic) bond motifs is 1. The molecule has 1 N–H and O–H groups in total. The average molecular weight is 260 g/mol. The number of rotatable bonds is 6. The molecule has 0 amide bonds. The lowest BCUT2D eigenvalue weighted by atomic mass is 10.0. The van der Waals surface area contributed by atoms with Crippen molar-refractivity contribution in [2.45, 2.75) is 46.1 Å². The molecule has 2 nitrogen and oxygen atoms in total. The van der Waals surface area contributed by atoms with Gasteiger partial charge in [-0.25, -0.2) is 0 Å². The Morgan fingerprint density at radius 1 is 1.21 bits per heavy atom. The van der Waals surface area contributed by atoms with Crippen LogP contribution in [0.25, 0.3) is 0 Å². The van der Waals surface area contributed by atoms with Gasteiger partial charge in [0.25, 0.3) is 0 Å². The zero-order chi connectivity index (χ0) is 13.7. The Hall–Kier alpha value is -1.02. The van der Waals surface area contributed by atoms with E-state index in [4.69, 9.17) is 0 Å². The van der Waals surface area contributed by atoms with Crippen LogP contribution in [0.15, 0.2) is 24.3 Å². The van der Waals surface area contributed by atoms with Crippen LogP contribution in [0.1, 0.15) is 39.2 Å². The Morgan fingerprint density at radius 3 is 2.79 bits per heavy atom. The standard InChI is InChI=1S/C17H28N2/c1-14(2)10-11-18-13-15(3)19-12-6-8-16-7-4-5-9-17(16)19/h4-5,7,9,14-15,18H,6,8,10-13H2,1-3H3. The number of nitrogens with one attached hydrogen (secondary N) is 1. The van der Waals surface area contributed by atoms with E-state index in [9.17, 15) is 0 Å². The SMILES string of the molecule is CC(C)CCNCC(C)N1CCCc2ccccc21. The van der Waals surface area contributed by atoms with Gasteiger partial charge in [-0.1, -0.05) is 32.0 Å². The molecule has 0 spiro atoms. The van der Waals surface area contributed by atoms with Crippen molar-refractivity contribution in [1.82, 2.24) is 5.32 Å². The molecule has 19 heavy (non-hydrogen) atoms. The first-order valence-corrected chi connectivity index (χ1v) is 7.73. The number of para-hydroxylation sites is 1. The second kappa shape index (κ2) is 6.95. The van der Waals surface area contributed by atoms with Gasteiger partial charge in [0, 0.05) is 24.8 Å². The molecule has 1 atom stereocenters. The van der Waals surface area contributed by atoms with Gasteiger partial charge >= 0.3 is 0 Å². The Balaban J connectivity index is 1.88. The molecular formula is C17H28N2. The van der Waals surface area contributed by atoms with Crippen molar-refractivity contribution in [3.63, 3.8) is 0 Å². The molecule has 0 aliphatic carbocycles. The predicted molar refractivity (Wildman–Crippen MR) is 83.9 cm³/mol. The number of benzene rings is 1. The first kappa shape index (κ1) is 14.4. The van der Waals surface area contributed by atoms with Crippen LogP contribution in [-0.4, -0.2) is 25.7 Å². The van der Waals surface area contributed by atoms with Crippen molar-refractivity contribution in [2.75, 3.05) is 24.5 Å². The lowest BCUT2D eigenvalue weighted by molar-refractivity contribution is 0.499. The zero-order valence-electron chi connectivity index (χ0n) is 12.7. The van der Waals surface area contributed by atoms with Crippen molar-refractivity contribution < 1.29 is 0 Å². The van der Waals surface area contributed by atoms with E-state index in [0.29, 0.717) is 6.04 Å². The van der Waals surface area contributed by atoms with Crippen molar-refractivity contribution in [2.24, 2.45) is 5.92 Å². The zero-order valence-corrected chi connectivity index (χ0v) is 12.7. The number of aryl methyl sites for hydroxylation is 1. The first-order valence-electron chi connectivity index (χ1n) is 7.73. The molecular weight excluding hydrogens is 232 g/mol. The highest BCUT2D eigenvalue weighted by Crippen LogP contribution is 2.28. The third-order valence-electron chi connectivity index (χ3n) is 4.02. The molecule has 2 heteroatoms. The number of hydrogen-bond donors (Lipinski definition) is 1. The smallest absolute Gasteiger partial charge is 0.0401 e. The molecule has 0 fully saturated rings. The first-order chi connectivity index (χ1) is 9.18. The number of anilines is 1. The van der Waals surface area contributed by atoms with Gasteiger partial charge in [0.2, 0.25) is 0 Å². The highest BCUT2D eigenvalue weighted by Gasteiger charge is 2.20. The molecule has 1 aliphatic rings. The van der Waals surface area contributed by atoms with Crippen LogP contribution in [-0.2, 0) is 6.42 Å². The Kier molecular flexibility index (Phi) is 5.26. The highest BCUT2D eigenvalue weighted by molar-refractivity contribution is 5.56. The summed E-state index contributed by atoms with van der Waals surface area (Å²) < 4.78 is 0. The van der Waals surface area contributed by atoms with E-state index in [0.717, 1.165) is 19.0 Å². The summed E-state index contributed by atoms with van der Waals surface area (Å²) in [6.07, 6.45) is 3.79. The van der Waals surface area contributed by atoms with E-state index >= 15 is 0 Å². The van der Waals surface area contributed by atoms with Crippen LogP contribution < -0.4 is 10.2 Å². The minimum Gasteiger partial charge on any atom is -0.367 e. The van der Waals surface area contributed by atoms with E-state index in [1.807, 2.05) is 0 Å². The van der Waals surface area contributed by atoms with Gasteiger partial charge in [0.1, 0.15) is 0 Å². The molecule has 1 aromatic rings. The summed E-state index contributed by atoms with van der Waals surface area (Å²) >= 11 is 0. The Labute approximate surface area is 118 Å². The van der Waals surface area contributed by atoms with Crippen LogP contribution in [0.4, 0.5) is 5.69 Å². The monoisotopic (exact) mass is 260 g/mol. The molecule has 0 radical (unpaired) electrons. The topological polar surface area (TPSA) is 15.3 Å². The van der Waals surface area contributed by atoms with Crippen LogP contribution >= 0.6 is 0 Å². The van der Waals surface area contributed by atoms with Gasteiger partial charge in [-0.2, -0.15) is 0 Å². The molecule has 106 valence electrons. The summed E-state index contributed by atoms with van der Waals surface area (Å²) in [5, 5.41) is 3.60. The minimum absolute atomic E-state index is 0.577. The molecule has 0 saturated carbocycles. The molecule has 2 rings (SSSR count). The van der Waals surface area contributed by atoms with E-state index in [1.165, 1.54) is 37.1 Å². The maximum Gasteiger partial charge on any atom is 0.0401 e. The van der Waals surface area contributed by atoms with Gasteiger partial charge in [-0.15, -0.1) is 0 Å². The van der Waals surface area contributed by atoms with Crippen LogP contribution in [0.3, 0.4) is 0 Å². The third kappa shape index (κ3) is 3.97. The Morgan fingerprint density at radius 2 is 2.00 bits per heavy atom. The fourth-order valence-corrected chi connectivity index (χ4v) is 2.83. The maximum atomic E-state index is 3.60. The van der Waals surface area contributed by atoms with Crippen molar-refractivity contribution in [3.8, 4) is 0 Å². The number of hydrogen-bond acceptors (Lipinski definition) is 2. The van der Waals surface area contributed by atoms with Gasteiger partial charge in [0.15, 0.2) is 0 Å².